The lowest BCUT2D eigenvalue weighted by Crippen LogP contribution is -2.46. The number of hydrogen-bond acceptors (Lipinski definition) is 0. The van der Waals surface area contributed by atoms with Crippen LogP contribution in [0.25, 0.3) is 0 Å². The van der Waals surface area contributed by atoms with E-state index in [9.17, 15) is 0 Å². The molecule has 0 aromatic heterocycles. The minimum absolute atomic E-state index is 0.888. The highest BCUT2D eigenvalue weighted by molar-refractivity contribution is 5.01. The number of hydrogen-bond donors (Lipinski definition) is 0. The lowest BCUT2D eigenvalue weighted by atomic mass is 9.48. The summed E-state index contributed by atoms with van der Waals surface area (Å²) in [5, 5.41) is 0. The molecule has 0 heteroatoms. The molecule has 2 aliphatic carbocycles. The zero-order valence-corrected chi connectivity index (χ0v) is 7.90. The van der Waals surface area contributed by atoms with Crippen molar-refractivity contribution in [3.8, 4) is 0 Å². The molecular weight excluding hydrogens is 132 g/mol. The maximum atomic E-state index is 2.40. The predicted octanol–water partition coefficient (Wildman–Crippen LogP) is 3.61. The average Bonchev–Trinajstić information content (AvgIpc) is 1.80. The van der Waals surface area contributed by atoms with E-state index >= 15 is 0 Å². The Morgan fingerprint density at radius 3 is 2.27 bits per heavy atom. The molecule has 2 aliphatic rings. The molecule has 0 bridgehead atoms. The average molecular weight is 152 g/mol. The van der Waals surface area contributed by atoms with E-state index < -0.39 is 0 Å². The topological polar surface area (TPSA) is 0 Å². The molecule has 64 valence electrons. The Kier molecular flexibility index (Phi) is 1.74. The van der Waals surface area contributed by atoms with Crippen molar-refractivity contribution in [3.05, 3.63) is 0 Å². The zero-order chi connectivity index (χ0) is 7.90. The minimum Gasteiger partial charge on any atom is -0.0654 e. The van der Waals surface area contributed by atoms with Crippen molar-refractivity contribution in [3.63, 3.8) is 0 Å². The van der Waals surface area contributed by atoms with Gasteiger partial charge in [0.25, 0.3) is 0 Å². The first-order chi connectivity index (χ1) is 5.24. The Hall–Kier alpha value is 0. The fourth-order valence-corrected chi connectivity index (χ4v) is 3.53. The summed E-state index contributed by atoms with van der Waals surface area (Å²) in [6.07, 6.45) is 9.14. The van der Waals surface area contributed by atoms with Gasteiger partial charge in [0.1, 0.15) is 0 Å². The van der Waals surface area contributed by atoms with E-state index in [1.807, 2.05) is 0 Å². The van der Waals surface area contributed by atoms with Gasteiger partial charge in [-0.2, -0.15) is 0 Å². The summed E-state index contributed by atoms with van der Waals surface area (Å²) in [5.74, 6) is 2.17. The lowest BCUT2D eigenvalue weighted by molar-refractivity contribution is -0.0642. The quantitative estimate of drug-likeness (QED) is 0.567. The van der Waals surface area contributed by atoms with Crippen LogP contribution < -0.4 is 0 Å². The highest BCUT2D eigenvalue weighted by Crippen LogP contribution is 2.61. The van der Waals surface area contributed by atoms with E-state index in [4.69, 9.17) is 0 Å². The van der Waals surface area contributed by atoms with Gasteiger partial charge in [-0.1, -0.05) is 26.7 Å². The molecule has 0 N–H and O–H groups in total. The van der Waals surface area contributed by atoms with Crippen LogP contribution in [-0.2, 0) is 0 Å². The molecule has 0 nitrogen and oxygen atoms in total. The van der Waals surface area contributed by atoms with Crippen LogP contribution in [0.4, 0.5) is 0 Å². The van der Waals surface area contributed by atoms with Gasteiger partial charge in [0, 0.05) is 0 Å². The normalized spacial score (nSPS) is 48.5. The molecule has 2 saturated carbocycles. The summed E-state index contributed by atoms with van der Waals surface area (Å²) in [4.78, 5) is 0. The first-order valence-corrected chi connectivity index (χ1v) is 5.24. The SMILES string of the molecule is CCCC1CC2(CC(C)C2)C1. The smallest absolute Gasteiger partial charge is 0.0287 e. The first-order valence-electron chi connectivity index (χ1n) is 5.24. The minimum atomic E-state index is 0.888. The third kappa shape index (κ3) is 1.21. The van der Waals surface area contributed by atoms with Gasteiger partial charge in [-0.15, -0.1) is 0 Å². The standard InChI is InChI=1S/C11H20/c1-3-4-10-7-11(8-10)5-9(2)6-11/h9-10H,3-8H2,1-2H3. The monoisotopic (exact) mass is 152 g/mol. The van der Waals surface area contributed by atoms with Crippen molar-refractivity contribution in [2.24, 2.45) is 17.3 Å². The van der Waals surface area contributed by atoms with Crippen LogP contribution in [-0.4, -0.2) is 0 Å². The predicted molar refractivity (Wildman–Crippen MR) is 48.5 cm³/mol. The van der Waals surface area contributed by atoms with Gasteiger partial charge in [-0.05, 0) is 42.9 Å². The van der Waals surface area contributed by atoms with Crippen molar-refractivity contribution < 1.29 is 0 Å². The van der Waals surface area contributed by atoms with Gasteiger partial charge in [0.05, 0.1) is 0 Å². The molecular formula is C11H20. The van der Waals surface area contributed by atoms with Crippen molar-refractivity contribution in [1.82, 2.24) is 0 Å². The second-order valence-electron chi connectivity index (χ2n) is 5.08. The molecule has 0 aromatic rings. The van der Waals surface area contributed by atoms with Crippen molar-refractivity contribution in [2.75, 3.05) is 0 Å². The molecule has 0 saturated heterocycles. The summed E-state index contributed by atoms with van der Waals surface area (Å²) in [6.45, 7) is 4.72. The van der Waals surface area contributed by atoms with Crippen molar-refractivity contribution in [2.45, 2.75) is 52.4 Å². The Labute approximate surface area is 70.4 Å². The molecule has 0 aliphatic heterocycles. The summed E-state index contributed by atoms with van der Waals surface area (Å²) >= 11 is 0. The molecule has 1 spiro atoms. The second-order valence-corrected chi connectivity index (χ2v) is 5.08. The van der Waals surface area contributed by atoms with Gasteiger partial charge in [0.2, 0.25) is 0 Å². The molecule has 0 amide bonds. The molecule has 0 unspecified atom stereocenters. The molecule has 0 aromatic carbocycles. The van der Waals surface area contributed by atoms with Gasteiger partial charge in [-0.25, -0.2) is 0 Å². The van der Waals surface area contributed by atoms with E-state index in [-0.39, 0.29) is 0 Å². The molecule has 0 radical (unpaired) electrons. The van der Waals surface area contributed by atoms with Gasteiger partial charge < -0.3 is 0 Å². The van der Waals surface area contributed by atoms with Gasteiger partial charge >= 0.3 is 0 Å². The van der Waals surface area contributed by atoms with Gasteiger partial charge in [0.15, 0.2) is 0 Å². The van der Waals surface area contributed by atoms with Crippen LogP contribution in [0.1, 0.15) is 52.4 Å². The summed E-state index contributed by atoms with van der Waals surface area (Å²) in [5.41, 5.74) is 0.888. The molecule has 0 atom stereocenters. The van der Waals surface area contributed by atoms with E-state index in [0.29, 0.717) is 0 Å². The van der Waals surface area contributed by atoms with E-state index in [0.717, 1.165) is 17.3 Å². The van der Waals surface area contributed by atoms with Crippen LogP contribution in [0.2, 0.25) is 0 Å². The summed E-state index contributed by atoms with van der Waals surface area (Å²) < 4.78 is 0. The Bertz CT molecular complexity index is 134. The van der Waals surface area contributed by atoms with Crippen LogP contribution in [0.5, 0.6) is 0 Å². The van der Waals surface area contributed by atoms with Crippen molar-refractivity contribution in [1.29, 1.82) is 0 Å². The van der Waals surface area contributed by atoms with E-state index in [1.54, 1.807) is 25.7 Å². The van der Waals surface area contributed by atoms with E-state index in [1.165, 1.54) is 12.8 Å². The largest absolute Gasteiger partial charge is 0.0654 e. The Morgan fingerprint density at radius 1 is 1.18 bits per heavy atom. The Morgan fingerprint density at radius 2 is 1.82 bits per heavy atom. The third-order valence-electron chi connectivity index (χ3n) is 3.70. The number of rotatable bonds is 2. The maximum absolute atomic E-state index is 2.40. The van der Waals surface area contributed by atoms with Crippen LogP contribution >= 0.6 is 0 Å². The van der Waals surface area contributed by atoms with Crippen LogP contribution in [0.3, 0.4) is 0 Å². The summed E-state index contributed by atoms with van der Waals surface area (Å²) in [6, 6.07) is 0. The lowest BCUT2D eigenvalue weighted by Gasteiger charge is -2.57. The summed E-state index contributed by atoms with van der Waals surface area (Å²) in [7, 11) is 0. The highest BCUT2D eigenvalue weighted by Gasteiger charge is 2.50. The molecule has 2 rings (SSSR count). The van der Waals surface area contributed by atoms with Gasteiger partial charge in [-0.3, -0.25) is 0 Å². The Balaban J connectivity index is 1.72. The molecule has 11 heavy (non-hydrogen) atoms. The fraction of sp³-hybridized carbons (Fsp3) is 1.00. The zero-order valence-electron chi connectivity index (χ0n) is 7.90. The molecule has 2 fully saturated rings. The first kappa shape index (κ1) is 7.64. The molecule has 0 heterocycles. The maximum Gasteiger partial charge on any atom is -0.0287 e. The van der Waals surface area contributed by atoms with Crippen molar-refractivity contribution >= 4 is 0 Å². The third-order valence-corrected chi connectivity index (χ3v) is 3.70. The van der Waals surface area contributed by atoms with Crippen LogP contribution in [0, 0.1) is 17.3 Å². The van der Waals surface area contributed by atoms with E-state index in [2.05, 4.69) is 13.8 Å². The van der Waals surface area contributed by atoms with Crippen LogP contribution in [0.15, 0.2) is 0 Å². The fourth-order valence-electron chi connectivity index (χ4n) is 3.53. The highest BCUT2D eigenvalue weighted by atomic mass is 14.6. The second kappa shape index (κ2) is 2.50.